The molecule has 140 valence electrons. The van der Waals surface area contributed by atoms with Gasteiger partial charge in [0, 0.05) is 35.0 Å². The summed E-state index contributed by atoms with van der Waals surface area (Å²) in [7, 11) is 0. The topological polar surface area (TPSA) is 49.4 Å². The minimum absolute atomic E-state index is 0.0147. The molecule has 0 radical (unpaired) electrons. The molecule has 1 aliphatic heterocycles. The summed E-state index contributed by atoms with van der Waals surface area (Å²) in [5.74, 6) is -0.842. The van der Waals surface area contributed by atoms with Crippen LogP contribution in [0.3, 0.4) is 0 Å². The van der Waals surface area contributed by atoms with Crippen molar-refractivity contribution >= 4 is 40.9 Å². The van der Waals surface area contributed by atoms with E-state index in [0.29, 0.717) is 16.3 Å². The minimum Gasteiger partial charge on any atom is -0.335 e. The number of anilines is 1. The quantitative estimate of drug-likeness (QED) is 0.721. The van der Waals surface area contributed by atoms with Crippen LogP contribution in [0.1, 0.15) is 12.0 Å². The molecule has 1 N–H and O–H groups in total. The summed E-state index contributed by atoms with van der Waals surface area (Å²) in [6, 6.07) is 11.6. The highest BCUT2D eigenvalue weighted by molar-refractivity contribution is 8.01. The van der Waals surface area contributed by atoms with Crippen molar-refractivity contribution in [3.05, 3.63) is 71.5 Å². The monoisotopic (exact) mass is 404 g/mol. The van der Waals surface area contributed by atoms with Crippen molar-refractivity contribution in [3.8, 4) is 0 Å². The van der Waals surface area contributed by atoms with Crippen molar-refractivity contribution in [2.45, 2.75) is 23.1 Å². The van der Waals surface area contributed by atoms with E-state index in [1.54, 1.807) is 36.4 Å². The Hall–Kier alpha value is -2.31. The zero-order valence-electron chi connectivity index (χ0n) is 14.5. The van der Waals surface area contributed by atoms with Crippen LogP contribution in [0.5, 0.6) is 0 Å². The maximum atomic E-state index is 13.9. The molecule has 4 nitrogen and oxygen atoms in total. The molecule has 0 spiro atoms. The van der Waals surface area contributed by atoms with Gasteiger partial charge < -0.3 is 10.2 Å². The summed E-state index contributed by atoms with van der Waals surface area (Å²) in [6.45, 7) is 4.07. The first-order valence-electron chi connectivity index (χ1n) is 8.37. The van der Waals surface area contributed by atoms with Gasteiger partial charge in [-0.25, -0.2) is 4.39 Å². The van der Waals surface area contributed by atoms with Gasteiger partial charge in [0.25, 0.3) is 0 Å². The first kappa shape index (κ1) is 19.5. The molecular formula is C20H18ClFN2O2S. The maximum absolute atomic E-state index is 13.9. The van der Waals surface area contributed by atoms with E-state index >= 15 is 0 Å². The van der Waals surface area contributed by atoms with E-state index in [2.05, 4.69) is 11.9 Å². The predicted octanol–water partition coefficient (Wildman–Crippen LogP) is 4.50. The lowest BCUT2D eigenvalue weighted by Gasteiger charge is -2.27. The van der Waals surface area contributed by atoms with Crippen molar-refractivity contribution in [1.82, 2.24) is 4.90 Å². The van der Waals surface area contributed by atoms with E-state index in [9.17, 15) is 14.0 Å². The second kappa shape index (κ2) is 8.59. The predicted molar refractivity (Wildman–Crippen MR) is 106 cm³/mol. The smallest absolute Gasteiger partial charge is 0.238 e. The number of nitrogens with zero attached hydrogens (tertiary/aromatic N) is 1. The Balaban J connectivity index is 1.72. The van der Waals surface area contributed by atoms with Crippen molar-refractivity contribution in [2.24, 2.45) is 0 Å². The average Bonchev–Trinajstić information content (AvgIpc) is 2.64. The van der Waals surface area contributed by atoms with Crippen molar-refractivity contribution in [3.63, 3.8) is 0 Å². The van der Waals surface area contributed by atoms with E-state index in [-0.39, 0.29) is 37.1 Å². The summed E-state index contributed by atoms with van der Waals surface area (Å²) in [4.78, 5) is 27.5. The van der Waals surface area contributed by atoms with Gasteiger partial charge in [0.05, 0.1) is 10.9 Å². The number of halogens is 2. The van der Waals surface area contributed by atoms with Gasteiger partial charge in [0.15, 0.2) is 0 Å². The third-order valence-corrected chi connectivity index (χ3v) is 5.65. The van der Waals surface area contributed by atoms with Crippen molar-refractivity contribution in [1.29, 1.82) is 0 Å². The Morgan fingerprint density at radius 1 is 1.33 bits per heavy atom. The molecule has 1 heterocycles. The SMILES string of the molecule is C=CCN(Cc1ccccc1F)C(=O)CC1Sc2ccc(Cl)cc2NC1=O. The fourth-order valence-corrected chi connectivity index (χ4v) is 4.04. The van der Waals surface area contributed by atoms with Gasteiger partial charge in [-0.2, -0.15) is 0 Å². The van der Waals surface area contributed by atoms with Gasteiger partial charge in [0.1, 0.15) is 5.82 Å². The third-order valence-electron chi connectivity index (χ3n) is 4.14. The molecule has 7 heteroatoms. The molecule has 27 heavy (non-hydrogen) atoms. The van der Waals surface area contributed by atoms with Crippen LogP contribution >= 0.6 is 23.4 Å². The molecule has 2 aromatic rings. The second-order valence-corrected chi connectivity index (χ2v) is 7.78. The summed E-state index contributed by atoms with van der Waals surface area (Å²) < 4.78 is 13.9. The number of hydrogen-bond acceptors (Lipinski definition) is 3. The Labute approximate surface area is 166 Å². The van der Waals surface area contributed by atoms with Gasteiger partial charge in [-0.3, -0.25) is 9.59 Å². The Morgan fingerprint density at radius 2 is 2.11 bits per heavy atom. The Bertz CT molecular complexity index is 890. The lowest BCUT2D eigenvalue weighted by Crippen LogP contribution is -2.37. The minimum atomic E-state index is -0.556. The van der Waals surface area contributed by atoms with Crippen LogP contribution in [-0.4, -0.2) is 28.5 Å². The van der Waals surface area contributed by atoms with Crippen LogP contribution in [0.4, 0.5) is 10.1 Å². The maximum Gasteiger partial charge on any atom is 0.238 e. The highest BCUT2D eigenvalue weighted by atomic mass is 35.5. The number of amides is 2. The van der Waals surface area contributed by atoms with Crippen LogP contribution in [0, 0.1) is 5.82 Å². The number of nitrogens with one attached hydrogen (secondary N) is 1. The number of carbonyl (C=O) groups excluding carboxylic acids is 2. The average molecular weight is 405 g/mol. The number of fused-ring (bicyclic) bond motifs is 1. The lowest BCUT2D eigenvalue weighted by molar-refractivity contribution is -0.132. The second-order valence-electron chi connectivity index (χ2n) is 6.09. The van der Waals surface area contributed by atoms with Gasteiger partial charge in [-0.05, 0) is 24.3 Å². The molecule has 0 fully saturated rings. The molecule has 1 unspecified atom stereocenters. The van der Waals surface area contributed by atoms with Crippen LogP contribution in [0.25, 0.3) is 0 Å². The summed E-state index contributed by atoms with van der Waals surface area (Å²) in [5.41, 5.74) is 1.07. The molecule has 0 saturated heterocycles. The molecule has 1 atom stereocenters. The highest BCUT2D eigenvalue weighted by Gasteiger charge is 2.30. The molecular weight excluding hydrogens is 387 g/mol. The van der Waals surface area contributed by atoms with Crippen LogP contribution in [0.15, 0.2) is 60.0 Å². The van der Waals surface area contributed by atoms with E-state index in [4.69, 9.17) is 11.6 Å². The van der Waals surface area contributed by atoms with E-state index in [1.165, 1.54) is 22.7 Å². The standard InChI is InChI=1S/C20H18ClFN2O2S/c1-2-9-24(12-13-5-3-4-6-15(13)22)19(25)11-18-20(26)23-16-10-14(21)7-8-17(16)27-18/h2-8,10,18H,1,9,11-12H2,(H,23,26). The van der Waals surface area contributed by atoms with Gasteiger partial charge >= 0.3 is 0 Å². The first-order chi connectivity index (χ1) is 13.0. The highest BCUT2D eigenvalue weighted by Crippen LogP contribution is 2.38. The van der Waals surface area contributed by atoms with Crippen molar-refractivity contribution in [2.75, 3.05) is 11.9 Å². The van der Waals surface area contributed by atoms with Gasteiger partial charge in [0.2, 0.25) is 11.8 Å². The fraction of sp³-hybridized carbons (Fsp3) is 0.200. The van der Waals surface area contributed by atoms with Crippen molar-refractivity contribution < 1.29 is 14.0 Å². The number of hydrogen-bond donors (Lipinski definition) is 1. The Kier molecular flexibility index (Phi) is 6.19. The molecule has 1 aliphatic rings. The molecule has 3 rings (SSSR count). The van der Waals surface area contributed by atoms with E-state index < -0.39 is 5.25 Å². The Morgan fingerprint density at radius 3 is 2.85 bits per heavy atom. The molecule has 0 aliphatic carbocycles. The normalized spacial score (nSPS) is 15.6. The summed E-state index contributed by atoms with van der Waals surface area (Å²) in [5, 5.41) is 2.77. The molecule has 2 amide bonds. The third kappa shape index (κ3) is 4.70. The van der Waals surface area contributed by atoms with E-state index in [0.717, 1.165) is 4.90 Å². The molecule has 0 bridgehead atoms. The first-order valence-corrected chi connectivity index (χ1v) is 9.63. The largest absolute Gasteiger partial charge is 0.335 e. The molecule has 0 saturated carbocycles. The number of rotatable bonds is 6. The van der Waals surface area contributed by atoms with Gasteiger partial charge in [-0.1, -0.05) is 35.9 Å². The number of carbonyl (C=O) groups is 2. The zero-order valence-corrected chi connectivity index (χ0v) is 16.0. The van der Waals surface area contributed by atoms with Crippen LogP contribution in [-0.2, 0) is 16.1 Å². The fourth-order valence-electron chi connectivity index (χ4n) is 2.79. The summed E-state index contributed by atoms with van der Waals surface area (Å²) in [6.07, 6.45) is 1.60. The zero-order chi connectivity index (χ0) is 19.4. The lowest BCUT2D eigenvalue weighted by atomic mass is 10.1. The van der Waals surface area contributed by atoms with E-state index in [1.807, 2.05) is 6.07 Å². The number of benzene rings is 2. The molecule has 2 aromatic carbocycles. The van der Waals surface area contributed by atoms with Crippen LogP contribution in [0.2, 0.25) is 5.02 Å². The van der Waals surface area contributed by atoms with Crippen LogP contribution < -0.4 is 5.32 Å². The number of thioether (sulfide) groups is 1. The molecule has 0 aromatic heterocycles. The summed E-state index contributed by atoms with van der Waals surface area (Å²) >= 11 is 7.28. The van der Waals surface area contributed by atoms with Gasteiger partial charge in [-0.15, -0.1) is 18.3 Å².